The molecule has 0 aromatic rings. The summed E-state index contributed by atoms with van der Waals surface area (Å²) in [6.45, 7) is 2.05. The van der Waals surface area contributed by atoms with E-state index < -0.39 is 23.6 Å². The molecule has 0 bridgehead atoms. The van der Waals surface area contributed by atoms with Crippen molar-refractivity contribution < 1.29 is 23.1 Å². The van der Waals surface area contributed by atoms with Gasteiger partial charge in [-0.1, -0.05) is 6.92 Å². The molecule has 0 saturated heterocycles. The van der Waals surface area contributed by atoms with Crippen molar-refractivity contribution in [2.24, 2.45) is 11.7 Å². The van der Waals surface area contributed by atoms with Crippen LogP contribution in [0.4, 0.5) is 13.2 Å². The Morgan fingerprint density at radius 1 is 1.54 bits per heavy atom. The summed E-state index contributed by atoms with van der Waals surface area (Å²) < 4.78 is 36.7. The lowest BCUT2D eigenvalue weighted by Crippen LogP contribution is -2.58. The second-order valence-electron chi connectivity index (χ2n) is 3.08. The van der Waals surface area contributed by atoms with Crippen LogP contribution in [-0.2, 0) is 4.79 Å². The van der Waals surface area contributed by atoms with E-state index in [0.717, 1.165) is 0 Å². The first-order valence-corrected chi connectivity index (χ1v) is 3.73. The van der Waals surface area contributed by atoms with Crippen molar-refractivity contribution >= 4 is 5.97 Å². The number of halogens is 3. The first-order valence-electron chi connectivity index (χ1n) is 3.73. The van der Waals surface area contributed by atoms with Crippen LogP contribution in [0.1, 0.15) is 20.3 Å². The van der Waals surface area contributed by atoms with E-state index >= 15 is 0 Å². The molecule has 0 aliphatic heterocycles. The predicted molar refractivity (Wildman–Crippen MR) is 40.1 cm³/mol. The van der Waals surface area contributed by atoms with Gasteiger partial charge in [-0.3, -0.25) is 4.79 Å². The summed E-state index contributed by atoms with van der Waals surface area (Å²) in [6, 6.07) is 0. The Hall–Kier alpha value is -0.780. The van der Waals surface area contributed by atoms with Crippen molar-refractivity contribution in [3.05, 3.63) is 0 Å². The fourth-order valence-electron chi connectivity index (χ4n) is 1.05. The molecule has 6 heteroatoms. The fourth-order valence-corrected chi connectivity index (χ4v) is 1.05. The zero-order valence-corrected chi connectivity index (χ0v) is 7.35. The molecule has 0 amide bonds. The van der Waals surface area contributed by atoms with E-state index in [0.29, 0.717) is 6.92 Å². The number of nitrogens with two attached hydrogens (primary N) is 1. The van der Waals surface area contributed by atoms with Gasteiger partial charge in [0.2, 0.25) is 0 Å². The number of aliphatic carboxylic acids is 1. The SMILES string of the molecule is CCC(C(=O)O)[C@](C)(N)C(F)(F)F. The Morgan fingerprint density at radius 2 is 1.92 bits per heavy atom. The maximum absolute atomic E-state index is 12.2. The first-order chi connectivity index (χ1) is 5.64. The highest BCUT2D eigenvalue weighted by Crippen LogP contribution is 2.35. The molecule has 2 atom stereocenters. The van der Waals surface area contributed by atoms with E-state index in [1.165, 1.54) is 6.92 Å². The molecule has 0 aromatic carbocycles. The molecule has 0 aliphatic carbocycles. The lowest BCUT2D eigenvalue weighted by Gasteiger charge is -2.32. The Labute approximate surface area is 73.7 Å². The van der Waals surface area contributed by atoms with Gasteiger partial charge in [-0.05, 0) is 13.3 Å². The van der Waals surface area contributed by atoms with E-state index in [9.17, 15) is 18.0 Å². The number of carboxylic acid groups (broad SMARTS) is 1. The van der Waals surface area contributed by atoms with Gasteiger partial charge < -0.3 is 10.8 Å². The number of hydrogen-bond acceptors (Lipinski definition) is 2. The predicted octanol–water partition coefficient (Wildman–Crippen LogP) is 1.38. The van der Waals surface area contributed by atoms with Crippen molar-refractivity contribution in [2.45, 2.75) is 32.0 Å². The van der Waals surface area contributed by atoms with Crippen LogP contribution in [0.3, 0.4) is 0 Å². The minimum Gasteiger partial charge on any atom is -0.481 e. The van der Waals surface area contributed by atoms with Crippen molar-refractivity contribution in [1.82, 2.24) is 0 Å². The summed E-state index contributed by atoms with van der Waals surface area (Å²) in [6.07, 6.45) is -4.85. The summed E-state index contributed by atoms with van der Waals surface area (Å²) in [5.41, 5.74) is 2.27. The van der Waals surface area contributed by atoms with Crippen LogP contribution in [0.25, 0.3) is 0 Å². The lowest BCUT2D eigenvalue weighted by molar-refractivity contribution is -0.202. The fraction of sp³-hybridized carbons (Fsp3) is 0.857. The third kappa shape index (κ3) is 2.33. The maximum atomic E-state index is 12.2. The lowest BCUT2D eigenvalue weighted by atomic mass is 9.84. The molecule has 1 unspecified atom stereocenters. The van der Waals surface area contributed by atoms with Crippen LogP contribution < -0.4 is 5.73 Å². The van der Waals surface area contributed by atoms with Crippen LogP contribution in [0.5, 0.6) is 0 Å². The number of hydrogen-bond donors (Lipinski definition) is 2. The van der Waals surface area contributed by atoms with E-state index in [1.54, 1.807) is 0 Å². The molecule has 0 fully saturated rings. The molecule has 0 aromatic heterocycles. The molecule has 0 saturated carbocycles. The normalized spacial score (nSPS) is 19.2. The Balaban J connectivity index is 4.89. The van der Waals surface area contributed by atoms with Gasteiger partial charge in [0.15, 0.2) is 0 Å². The summed E-state index contributed by atoms with van der Waals surface area (Å²) >= 11 is 0. The molecule has 0 aliphatic rings. The zero-order valence-electron chi connectivity index (χ0n) is 7.35. The quantitative estimate of drug-likeness (QED) is 0.721. The molecule has 0 spiro atoms. The monoisotopic (exact) mass is 199 g/mol. The largest absolute Gasteiger partial charge is 0.481 e. The minimum absolute atomic E-state index is 0.151. The molecular weight excluding hydrogens is 187 g/mol. The van der Waals surface area contributed by atoms with Gasteiger partial charge in [0.25, 0.3) is 0 Å². The Morgan fingerprint density at radius 3 is 2.00 bits per heavy atom. The average Bonchev–Trinajstić information content (AvgIpc) is 1.83. The third-order valence-corrected chi connectivity index (χ3v) is 2.04. The van der Waals surface area contributed by atoms with E-state index in [2.05, 4.69) is 0 Å². The van der Waals surface area contributed by atoms with Crippen molar-refractivity contribution in [2.75, 3.05) is 0 Å². The van der Waals surface area contributed by atoms with E-state index in [-0.39, 0.29) is 6.42 Å². The van der Waals surface area contributed by atoms with Gasteiger partial charge in [0, 0.05) is 0 Å². The van der Waals surface area contributed by atoms with Crippen LogP contribution in [0, 0.1) is 5.92 Å². The highest BCUT2D eigenvalue weighted by Gasteiger charge is 2.55. The second kappa shape index (κ2) is 3.53. The van der Waals surface area contributed by atoms with Crippen molar-refractivity contribution in [3.63, 3.8) is 0 Å². The summed E-state index contributed by atoms with van der Waals surface area (Å²) in [5.74, 6) is -3.13. The first kappa shape index (κ1) is 12.2. The minimum atomic E-state index is -4.70. The summed E-state index contributed by atoms with van der Waals surface area (Å²) in [4.78, 5) is 10.4. The van der Waals surface area contributed by atoms with Gasteiger partial charge in [0.1, 0.15) is 5.54 Å². The maximum Gasteiger partial charge on any atom is 0.406 e. The highest BCUT2D eigenvalue weighted by atomic mass is 19.4. The molecule has 13 heavy (non-hydrogen) atoms. The number of rotatable bonds is 3. The van der Waals surface area contributed by atoms with Gasteiger partial charge in [-0.25, -0.2) is 0 Å². The number of carbonyl (C=O) groups is 1. The Bertz CT molecular complexity index is 200. The van der Waals surface area contributed by atoms with Crippen molar-refractivity contribution in [3.8, 4) is 0 Å². The van der Waals surface area contributed by atoms with E-state index in [1.807, 2.05) is 0 Å². The topological polar surface area (TPSA) is 63.3 Å². The van der Waals surface area contributed by atoms with Crippen LogP contribution >= 0.6 is 0 Å². The molecular formula is C7H12F3NO2. The molecule has 0 heterocycles. The number of alkyl halides is 3. The van der Waals surface area contributed by atoms with Crippen LogP contribution in [0.2, 0.25) is 0 Å². The van der Waals surface area contributed by atoms with Gasteiger partial charge in [-0.2, -0.15) is 13.2 Å². The highest BCUT2D eigenvalue weighted by molar-refractivity contribution is 5.71. The molecule has 3 nitrogen and oxygen atoms in total. The molecule has 78 valence electrons. The van der Waals surface area contributed by atoms with Gasteiger partial charge in [0.05, 0.1) is 5.92 Å². The van der Waals surface area contributed by atoms with Gasteiger partial charge >= 0.3 is 12.1 Å². The standard InChI is InChI=1S/C7H12F3NO2/c1-3-4(5(12)13)6(2,11)7(8,9)10/h4H,3,11H2,1-2H3,(H,12,13)/t4?,6-/m0/s1. The van der Waals surface area contributed by atoms with Gasteiger partial charge in [-0.15, -0.1) is 0 Å². The smallest absolute Gasteiger partial charge is 0.406 e. The Kier molecular flexibility index (Phi) is 3.32. The number of carboxylic acids is 1. The molecule has 3 N–H and O–H groups in total. The second-order valence-corrected chi connectivity index (χ2v) is 3.08. The van der Waals surface area contributed by atoms with Crippen LogP contribution in [0.15, 0.2) is 0 Å². The third-order valence-electron chi connectivity index (χ3n) is 2.04. The molecule has 0 radical (unpaired) electrons. The molecule has 0 rings (SSSR count). The van der Waals surface area contributed by atoms with E-state index in [4.69, 9.17) is 10.8 Å². The van der Waals surface area contributed by atoms with Crippen LogP contribution in [-0.4, -0.2) is 22.8 Å². The summed E-state index contributed by atoms with van der Waals surface area (Å²) in [5, 5.41) is 8.49. The summed E-state index contributed by atoms with van der Waals surface area (Å²) in [7, 11) is 0. The zero-order chi connectivity index (χ0) is 10.9. The average molecular weight is 199 g/mol. The van der Waals surface area contributed by atoms with Crippen molar-refractivity contribution in [1.29, 1.82) is 0 Å².